The molecule has 0 saturated carbocycles. The molecule has 2 aromatic heterocycles. The maximum absolute atomic E-state index is 5.58. The molecule has 3 rings (SSSR count). The third-order valence-electron chi connectivity index (χ3n) is 2.74. The number of nitrogens with one attached hydrogen (secondary N) is 1. The molecular formula is C11H12N4O2S. The predicted molar refractivity (Wildman–Crippen MR) is 67.0 cm³/mol. The van der Waals surface area contributed by atoms with Crippen LogP contribution in [0.5, 0.6) is 0 Å². The molecule has 0 amide bonds. The molecule has 1 aliphatic heterocycles. The van der Waals surface area contributed by atoms with Crippen LogP contribution in [0.15, 0.2) is 27.9 Å². The number of hydrogen-bond acceptors (Lipinski definition) is 5. The number of hydrogen-bond donors (Lipinski definition) is 1. The lowest BCUT2D eigenvalue weighted by atomic mass is 10.2. The van der Waals surface area contributed by atoms with Crippen LogP contribution >= 0.6 is 12.2 Å². The molecule has 6 nitrogen and oxygen atoms in total. The van der Waals surface area contributed by atoms with Crippen molar-refractivity contribution in [3.63, 3.8) is 0 Å². The van der Waals surface area contributed by atoms with Crippen LogP contribution in [0.2, 0.25) is 0 Å². The summed E-state index contributed by atoms with van der Waals surface area (Å²) < 4.78 is 12.8. The molecule has 1 fully saturated rings. The normalized spacial score (nSPS) is 19.9. The van der Waals surface area contributed by atoms with E-state index in [0.29, 0.717) is 16.4 Å². The highest BCUT2D eigenvalue weighted by Gasteiger charge is 2.23. The van der Waals surface area contributed by atoms with Crippen molar-refractivity contribution in [3.05, 3.63) is 34.8 Å². The first kappa shape index (κ1) is 11.4. The molecule has 3 heterocycles. The van der Waals surface area contributed by atoms with Gasteiger partial charge in [0.15, 0.2) is 5.82 Å². The quantitative estimate of drug-likeness (QED) is 0.682. The predicted octanol–water partition coefficient (Wildman–Crippen LogP) is 2.27. The van der Waals surface area contributed by atoms with Crippen molar-refractivity contribution in [2.24, 2.45) is 5.10 Å². The highest BCUT2D eigenvalue weighted by Crippen LogP contribution is 2.26. The smallest absolute Gasteiger partial charge is 0.216 e. The van der Waals surface area contributed by atoms with Gasteiger partial charge in [0.25, 0.3) is 0 Å². The van der Waals surface area contributed by atoms with E-state index in [-0.39, 0.29) is 6.10 Å². The molecule has 0 unspecified atom stereocenters. The van der Waals surface area contributed by atoms with Gasteiger partial charge in [-0.05, 0) is 37.2 Å². The van der Waals surface area contributed by atoms with E-state index in [9.17, 15) is 0 Å². The van der Waals surface area contributed by atoms with Gasteiger partial charge in [-0.15, -0.1) is 0 Å². The maximum Gasteiger partial charge on any atom is 0.216 e. The van der Waals surface area contributed by atoms with Crippen LogP contribution in [0.3, 0.4) is 0 Å². The minimum Gasteiger partial charge on any atom is -0.463 e. The highest BCUT2D eigenvalue weighted by atomic mass is 32.1. The van der Waals surface area contributed by atoms with Crippen LogP contribution in [-0.4, -0.2) is 27.7 Å². The van der Waals surface area contributed by atoms with Crippen LogP contribution in [0.4, 0.5) is 0 Å². The lowest BCUT2D eigenvalue weighted by Crippen LogP contribution is -2.05. The zero-order valence-electron chi connectivity index (χ0n) is 9.57. The van der Waals surface area contributed by atoms with Crippen molar-refractivity contribution in [1.82, 2.24) is 14.9 Å². The largest absolute Gasteiger partial charge is 0.463 e. The zero-order chi connectivity index (χ0) is 12.4. The molecule has 1 atom stereocenters. The maximum atomic E-state index is 5.58. The van der Waals surface area contributed by atoms with Gasteiger partial charge in [0, 0.05) is 6.61 Å². The summed E-state index contributed by atoms with van der Waals surface area (Å²) in [6.07, 6.45) is 5.13. The molecule has 0 aromatic carbocycles. The molecule has 1 aliphatic rings. The van der Waals surface area contributed by atoms with Crippen LogP contribution in [0, 0.1) is 4.77 Å². The Morgan fingerprint density at radius 3 is 3.28 bits per heavy atom. The van der Waals surface area contributed by atoms with Gasteiger partial charge in [0.2, 0.25) is 4.77 Å². The van der Waals surface area contributed by atoms with E-state index in [1.165, 1.54) is 0 Å². The average Bonchev–Trinajstić information content (AvgIpc) is 3.08. The Hall–Kier alpha value is -1.73. The molecule has 1 N–H and O–H groups in total. The lowest BCUT2D eigenvalue weighted by molar-refractivity contribution is 0.102. The van der Waals surface area contributed by atoms with E-state index in [4.69, 9.17) is 21.4 Å². The summed E-state index contributed by atoms with van der Waals surface area (Å²) in [6.45, 7) is 0.756. The minimum absolute atomic E-state index is 0.0355. The lowest BCUT2D eigenvalue weighted by Gasteiger charge is -2.06. The zero-order valence-corrected chi connectivity index (χ0v) is 10.4. The average molecular weight is 264 g/mol. The number of nitrogens with zero attached hydrogens (tertiary/aromatic N) is 3. The van der Waals surface area contributed by atoms with Gasteiger partial charge in [-0.3, -0.25) is 5.10 Å². The molecule has 1 saturated heterocycles. The Kier molecular flexibility index (Phi) is 3.07. The number of furan rings is 1. The van der Waals surface area contributed by atoms with E-state index < -0.39 is 0 Å². The third kappa shape index (κ3) is 2.14. The molecular weight excluding hydrogens is 252 g/mol. The van der Waals surface area contributed by atoms with Crippen molar-refractivity contribution < 1.29 is 9.15 Å². The Morgan fingerprint density at radius 1 is 1.61 bits per heavy atom. The molecule has 0 aliphatic carbocycles. The highest BCUT2D eigenvalue weighted by molar-refractivity contribution is 7.71. The summed E-state index contributed by atoms with van der Waals surface area (Å²) in [5, 5.41) is 11.2. The van der Waals surface area contributed by atoms with E-state index in [2.05, 4.69) is 15.3 Å². The first-order valence-corrected chi connectivity index (χ1v) is 6.12. The summed E-state index contributed by atoms with van der Waals surface area (Å²) in [4.78, 5) is 0. The number of rotatable bonds is 3. The van der Waals surface area contributed by atoms with Crippen LogP contribution in [-0.2, 0) is 4.74 Å². The van der Waals surface area contributed by atoms with E-state index in [1.807, 2.05) is 6.07 Å². The second kappa shape index (κ2) is 4.87. The summed E-state index contributed by atoms with van der Waals surface area (Å²) in [5.74, 6) is 1.37. The SMILES string of the molecule is S=c1[nH]nc([C@H]2CCCO2)n1/N=C\c1ccco1. The van der Waals surface area contributed by atoms with Gasteiger partial charge in [-0.2, -0.15) is 14.9 Å². The van der Waals surface area contributed by atoms with Crippen molar-refractivity contribution in [2.45, 2.75) is 18.9 Å². The summed E-state index contributed by atoms with van der Waals surface area (Å²) in [5.41, 5.74) is 0. The fraction of sp³-hybridized carbons (Fsp3) is 0.364. The number of H-pyrrole nitrogens is 1. The van der Waals surface area contributed by atoms with E-state index in [1.54, 1.807) is 23.2 Å². The molecule has 0 bridgehead atoms. The van der Waals surface area contributed by atoms with Gasteiger partial charge in [0.05, 0.1) is 12.5 Å². The van der Waals surface area contributed by atoms with Crippen molar-refractivity contribution >= 4 is 18.4 Å². The van der Waals surface area contributed by atoms with Gasteiger partial charge in [-0.25, -0.2) is 0 Å². The number of aromatic nitrogens is 3. The van der Waals surface area contributed by atoms with Gasteiger partial charge in [-0.1, -0.05) is 0 Å². The van der Waals surface area contributed by atoms with Crippen LogP contribution < -0.4 is 0 Å². The molecule has 94 valence electrons. The first-order chi connectivity index (χ1) is 8.84. The summed E-state index contributed by atoms with van der Waals surface area (Å²) in [6, 6.07) is 3.62. The van der Waals surface area contributed by atoms with Gasteiger partial charge >= 0.3 is 0 Å². The number of aromatic amines is 1. The summed E-state index contributed by atoms with van der Waals surface area (Å²) >= 11 is 5.15. The Morgan fingerprint density at radius 2 is 2.56 bits per heavy atom. The Bertz CT molecular complexity index is 593. The standard InChI is InChI=1S/C11H12N4O2S/c18-11-14-13-10(9-4-2-6-17-9)15(11)12-7-8-3-1-5-16-8/h1,3,5,7,9H,2,4,6H2,(H,14,18)/b12-7-/t9-/m1/s1. The molecule has 0 spiro atoms. The van der Waals surface area contributed by atoms with Crippen LogP contribution in [0.25, 0.3) is 0 Å². The first-order valence-electron chi connectivity index (χ1n) is 5.71. The second-order valence-corrected chi connectivity index (χ2v) is 4.35. The molecule has 0 radical (unpaired) electrons. The fourth-order valence-corrected chi connectivity index (χ4v) is 2.07. The second-order valence-electron chi connectivity index (χ2n) is 3.96. The van der Waals surface area contributed by atoms with Crippen molar-refractivity contribution in [1.29, 1.82) is 0 Å². The topological polar surface area (TPSA) is 68.3 Å². The van der Waals surface area contributed by atoms with E-state index in [0.717, 1.165) is 19.4 Å². The van der Waals surface area contributed by atoms with Crippen LogP contribution in [0.1, 0.15) is 30.5 Å². The van der Waals surface area contributed by atoms with E-state index >= 15 is 0 Å². The molecule has 18 heavy (non-hydrogen) atoms. The van der Waals surface area contributed by atoms with Crippen molar-refractivity contribution in [2.75, 3.05) is 6.61 Å². The Labute approximate surface area is 108 Å². The van der Waals surface area contributed by atoms with Crippen molar-refractivity contribution in [3.8, 4) is 0 Å². The molecule has 7 heteroatoms. The van der Waals surface area contributed by atoms with Gasteiger partial charge in [0.1, 0.15) is 11.9 Å². The molecule has 2 aromatic rings. The third-order valence-corrected chi connectivity index (χ3v) is 3.00. The van der Waals surface area contributed by atoms with Gasteiger partial charge < -0.3 is 9.15 Å². The Balaban J connectivity index is 1.91. The summed E-state index contributed by atoms with van der Waals surface area (Å²) in [7, 11) is 0. The monoisotopic (exact) mass is 264 g/mol. The minimum atomic E-state index is -0.0355. The fourth-order valence-electron chi connectivity index (χ4n) is 1.88. The number of ether oxygens (including phenoxy) is 1.